The molecule has 0 aliphatic rings. The molecule has 0 fully saturated rings. The second-order valence-electron chi connectivity index (χ2n) is 6.10. The van der Waals surface area contributed by atoms with Crippen molar-refractivity contribution < 1.29 is 4.79 Å². The number of hydrogen-bond acceptors (Lipinski definition) is 3. The molecular weight excluding hydrogens is 356 g/mol. The van der Waals surface area contributed by atoms with Crippen LogP contribution in [-0.2, 0) is 6.54 Å². The van der Waals surface area contributed by atoms with E-state index in [0.717, 1.165) is 18.1 Å². The van der Waals surface area contributed by atoms with Crippen LogP contribution < -0.4 is 16.0 Å². The summed E-state index contributed by atoms with van der Waals surface area (Å²) >= 11 is 1.84. The van der Waals surface area contributed by atoms with Crippen molar-refractivity contribution in [1.29, 1.82) is 0 Å². The zero-order valence-corrected chi connectivity index (χ0v) is 17.0. The summed E-state index contributed by atoms with van der Waals surface area (Å²) < 4.78 is 0. The SMILES string of the molecule is CCNC(=O)c1ccc(CNC(=NC)NCC(C)Sc2ccccc2)cc1. The number of aliphatic imine (C=N–C) groups is 1. The first-order valence-electron chi connectivity index (χ1n) is 9.15. The number of amides is 1. The molecule has 1 atom stereocenters. The molecule has 2 aromatic carbocycles. The Morgan fingerprint density at radius 2 is 1.74 bits per heavy atom. The van der Waals surface area contributed by atoms with Gasteiger partial charge in [0.25, 0.3) is 5.91 Å². The van der Waals surface area contributed by atoms with E-state index < -0.39 is 0 Å². The van der Waals surface area contributed by atoms with E-state index in [4.69, 9.17) is 0 Å². The Hall–Kier alpha value is -2.47. The molecule has 27 heavy (non-hydrogen) atoms. The van der Waals surface area contributed by atoms with Gasteiger partial charge in [0.15, 0.2) is 5.96 Å². The minimum Gasteiger partial charge on any atom is -0.355 e. The fraction of sp³-hybridized carbons (Fsp3) is 0.333. The summed E-state index contributed by atoms with van der Waals surface area (Å²) in [5.74, 6) is 0.725. The van der Waals surface area contributed by atoms with Crippen LogP contribution in [0.25, 0.3) is 0 Å². The number of thioether (sulfide) groups is 1. The summed E-state index contributed by atoms with van der Waals surface area (Å²) in [7, 11) is 1.77. The third-order valence-electron chi connectivity index (χ3n) is 3.87. The third-order valence-corrected chi connectivity index (χ3v) is 4.99. The molecule has 3 N–H and O–H groups in total. The minimum absolute atomic E-state index is 0.0422. The molecule has 0 aromatic heterocycles. The van der Waals surface area contributed by atoms with Crippen LogP contribution in [0.2, 0.25) is 0 Å². The number of rotatable bonds is 8. The van der Waals surface area contributed by atoms with Crippen molar-refractivity contribution in [3.05, 3.63) is 65.7 Å². The van der Waals surface area contributed by atoms with Gasteiger partial charge in [0.2, 0.25) is 0 Å². The monoisotopic (exact) mass is 384 g/mol. The fourth-order valence-electron chi connectivity index (χ4n) is 2.46. The normalized spacial score (nSPS) is 12.3. The molecule has 1 amide bonds. The average Bonchev–Trinajstić information content (AvgIpc) is 2.69. The molecule has 0 heterocycles. The summed E-state index contributed by atoms with van der Waals surface area (Å²) in [6, 6.07) is 18.0. The summed E-state index contributed by atoms with van der Waals surface area (Å²) in [5.41, 5.74) is 1.77. The first kappa shape index (κ1) is 20.8. The second kappa shape index (κ2) is 11.3. The maximum absolute atomic E-state index is 11.8. The molecule has 0 bridgehead atoms. The zero-order chi connectivity index (χ0) is 19.5. The minimum atomic E-state index is -0.0422. The van der Waals surface area contributed by atoms with Gasteiger partial charge < -0.3 is 16.0 Å². The van der Waals surface area contributed by atoms with E-state index in [1.54, 1.807) is 7.05 Å². The van der Waals surface area contributed by atoms with Gasteiger partial charge in [-0.25, -0.2) is 0 Å². The van der Waals surface area contributed by atoms with E-state index in [0.29, 0.717) is 23.9 Å². The van der Waals surface area contributed by atoms with Crippen molar-refractivity contribution in [3.63, 3.8) is 0 Å². The van der Waals surface area contributed by atoms with Crippen molar-refractivity contribution in [2.75, 3.05) is 20.1 Å². The number of hydrogen-bond donors (Lipinski definition) is 3. The van der Waals surface area contributed by atoms with Crippen molar-refractivity contribution in [1.82, 2.24) is 16.0 Å². The number of nitrogens with one attached hydrogen (secondary N) is 3. The number of nitrogens with zero attached hydrogens (tertiary/aromatic N) is 1. The summed E-state index contributed by atoms with van der Waals surface area (Å²) in [4.78, 5) is 17.3. The quantitative estimate of drug-likeness (QED) is 0.371. The van der Waals surface area contributed by atoms with Crippen LogP contribution in [-0.4, -0.2) is 37.3 Å². The van der Waals surface area contributed by atoms with Crippen LogP contribution >= 0.6 is 11.8 Å². The molecule has 2 aromatic rings. The highest BCUT2D eigenvalue weighted by atomic mass is 32.2. The smallest absolute Gasteiger partial charge is 0.251 e. The Bertz CT molecular complexity index is 732. The Balaban J connectivity index is 1.77. The molecular formula is C21H28N4OS. The number of carbonyl (C=O) groups is 1. The molecule has 6 heteroatoms. The van der Waals surface area contributed by atoms with E-state index in [1.165, 1.54) is 4.90 Å². The molecule has 0 radical (unpaired) electrons. The van der Waals surface area contributed by atoms with E-state index in [2.05, 4.69) is 52.1 Å². The fourth-order valence-corrected chi connectivity index (χ4v) is 3.40. The molecule has 0 saturated heterocycles. The maximum atomic E-state index is 11.8. The average molecular weight is 385 g/mol. The van der Waals surface area contributed by atoms with Gasteiger partial charge in [-0.3, -0.25) is 9.79 Å². The Morgan fingerprint density at radius 1 is 1.04 bits per heavy atom. The zero-order valence-electron chi connectivity index (χ0n) is 16.2. The van der Waals surface area contributed by atoms with Gasteiger partial charge >= 0.3 is 0 Å². The highest BCUT2D eigenvalue weighted by Gasteiger charge is 2.07. The topological polar surface area (TPSA) is 65.5 Å². The highest BCUT2D eigenvalue weighted by Crippen LogP contribution is 2.21. The van der Waals surface area contributed by atoms with Gasteiger partial charge in [-0.05, 0) is 36.8 Å². The molecule has 0 aliphatic heterocycles. The van der Waals surface area contributed by atoms with Crippen LogP contribution in [0.3, 0.4) is 0 Å². The van der Waals surface area contributed by atoms with Gasteiger partial charge in [-0.1, -0.05) is 37.3 Å². The summed E-state index contributed by atoms with van der Waals surface area (Å²) in [6.07, 6.45) is 0. The molecule has 1 unspecified atom stereocenters. The van der Waals surface area contributed by atoms with Crippen LogP contribution in [0, 0.1) is 0 Å². The molecule has 0 spiro atoms. The molecule has 0 aliphatic carbocycles. The highest BCUT2D eigenvalue weighted by molar-refractivity contribution is 8.00. The van der Waals surface area contributed by atoms with Crippen molar-refractivity contribution >= 4 is 23.6 Å². The van der Waals surface area contributed by atoms with E-state index in [1.807, 2.05) is 49.0 Å². The lowest BCUT2D eigenvalue weighted by molar-refractivity contribution is 0.0956. The molecule has 144 valence electrons. The van der Waals surface area contributed by atoms with Crippen molar-refractivity contribution in [2.45, 2.75) is 30.5 Å². The van der Waals surface area contributed by atoms with Crippen molar-refractivity contribution in [3.8, 4) is 0 Å². The van der Waals surface area contributed by atoms with Gasteiger partial charge in [-0.15, -0.1) is 11.8 Å². The summed E-state index contributed by atoms with van der Waals surface area (Å²) in [5, 5.41) is 9.89. The predicted molar refractivity (Wildman–Crippen MR) is 114 cm³/mol. The van der Waals surface area contributed by atoms with Crippen LogP contribution in [0.15, 0.2) is 64.5 Å². The van der Waals surface area contributed by atoms with E-state index in [-0.39, 0.29) is 5.91 Å². The van der Waals surface area contributed by atoms with E-state index in [9.17, 15) is 4.79 Å². The van der Waals surface area contributed by atoms with Crippen LogP contribution in [0.4, 0.5) is 0 Å². The van der Waals surface area contributed by atoms with Crippen LogP contribution in [0.5, 0.6) is 0 Å². The van der Waals surface area contributed by atoms with Gasteiger partial charge in [-0.2, -0.15) is 0 Å². The lowest BCUT2D eigenvalue weighted by Crippen LogP contribution is -2.39. The summed E-state index contributed by atoms with van der Waals surface area (Å²) in [6.45, 7) is 6.20. The lowest BCUT2D eigenvalue weighted by Gasteiger charge is -2.16. The number of guanidine groups is 1. The van der Waals surface area contributed by atoms with Crippen LogP contribution in [0.1, 0.15) is 29.8 Å². The number of carbonyl (C=O) groups excluding carboxylic acids is 1. The third kappa shape index (κ3) is 7.35. The predicted octanol–water partition coefficient (Wildman–Crippen LogP) is 3.28. The van der Waals surface area contributed by atoms with Crippen molar-refractivity contribution in [2.24, 2.45) is 4.99 Å². The Kier molecular flexibility index (Phi) is 8.71. The van der Waals surface area contributed by atoms with E-state index >= 15 is 0 Å². The van der Waals surface area contributed by atoms with Gasteiger partial charge in [0.1, 0.15) is 0 Å². The maximum Gasteiger partial charge on any atom is 0.251 e. The Morgan fingerprint density at radius 3 is 2.37 bits per heavy atom. The molecule has 0 saturated carbocycles. The number of benzene rings is 2. The first-order chi connectivity index (χ1) is 13.1. The molecule has 5 nitrogen and oxygen atoms in total. The second-order valence-corrected chi connectivity index (χ2v) is 7.62. The largest absolute Gasteiger partial charge is 0.355 e. The molecule has 2 rings (SSSR count). The lowest BCUT2D eigenvalue weighted by atomic mass is 10.1. The standard InChI is InChI=1S/C21H28N4OS/c1-4-23-20(26)18-12-10-17(11-13-18)15-25-21(22-3)24-14-16(2)27-19-8-6-5-7-9-19/h5-13,16H,4,14-15H2,1-3H3,(H,23,26)(H2,22,24,25). The van der Waals surface area contributed by atoms with Gasteiger partial charge in [0.05, 0.1) is 0 Å². The first-order valence-corrected chi connectivity index (χ1v) is 10.0. The Labute approximate surface area is 166 Å². The van der Waals surface area contributed by atoms with Gasteiger partial charge in [0, 0.05) is 42.4 Å².